The standard InChI is InChI=1S/C43H34OSi2/c1-33-19-17-30-39-42(33)44-43-40(31-18-32-41(43)46(39,37-26-13-5-14-27-37)38-28-15-6-16-29-38)45(34-20-7-2-8-21-34,35-22-9-3-10-23-35)36-24-11-4-12-25-36/h2-32H,1H3. The molecule has 1 nitrogen and oxygen atoms in total. The molecule has 0 unspecified atom stereocenters. The van der Waals surface area contributed by atoms with Gasteiger partial charge in [-0.2, -0.15) is 0 Å². The molecule has 1 aliphatic rings. The van der Waals surface area contributed by atoms with Crippen molar-refractivity contribution in [3.05, 3.63) is 194 Å². The molecule has 8 rings (SSSR count). The van der Waals surface area contributed by atoms with Crippen LogP contribution >= 0.6 is 0 Å². The molecule has 0 radical (unpaired) electrons. The van der Waals surface area contributed by atoms with Crippen LogP contribution in [0.4, 0.5) is 0 Å². The molecular weight excluding hydrogens is 589 g/mol. The molecule has 0 spiro atoms. The molecule has 7 aromatic carbocycles. The van der Waals surface area contributed by atoms with Gasteiger partial charge < -0.3 is 4.74 Å². The van der Waals surface area contributed by atoms with E-state index in [9.17, 15) is 0 Å². The Morgan fingerprint density at radius 1 is 0.391 bits per heavy atom. The lowest BCUT2D eigenvalue weighted by Gasteiger charge is -2.43. The maximum Gasteiger partial charge on any atom is 0.188 e. The van der Waals surface area contributed by atoms with Gasteiger partial charge in [0.25, 0.3) is 0 Å². The van der Waals surface area contributed by atoms with Crippen molar-refractivity contribution in [2.24, 2.45) is 0 Å². The Bertz CT molecular complexity index is 1980. The SMILES string of the molecule is Cc1cccc2c1Oc1c([Si](c3ccccc3)(c3ccccc3)c3ccccc3)cccc1[Si]2(c1ccccc1)c1ccccc1. The molecule has 3 heteroatoms. The molecule has 0 aromatic heterocycles. The van der Waals surface area contributed by atoms with Gasteiger partial charge in [0.2, 0.25) is 0 Å². The number of fused-ring (bicyclic) bond motifs is 2. The fourth-order valence-electron chi connectivity index (χ4n) is 7.76. The van der Waals surface area contributed by atoms with Crippen LogP contribution in [0.25, 0.3) is 0 Å². The molecular formula is C43H34OSi2. The second-order valence-electron chi connectivity index (χ2n) is 12.1. The lowest BCUT2D eigenvalue weighted by Crippen LogP contribution is -2.79. The summed E-state index contributed by atoms with van der Waals surface area (Å²) in [6, 6.07) is 69.5. The van der Waals surface area contributed by atoms with Gasteiger partial charge >= 0.3 is 0 Å². The molecule has 0 bridgehead atoms. The highest BCUT2D eigenvalue weighted by molar-refractivity contribution is 7.23. The molecule has 1 aliphatic heterocycles. The van der Waals surface area contributed by atoms with Crippen molar-refractivity contribution in [1.82, 2.24) is 0 Å². The van der Waals surface area contributed by atoms with Crippen LogP contribution in [0.15, 0.2) is 188 Å². The van der Waals surface area contributed by atoms with Gasteiger partial charge in [0.05, 0.1) is 0 Å². The maximum atomic E-state index is 7.38. The Labute approximate surface area is 273 Å². The molecule has 0 aliphatic carbocycles. The van der Waals surface area contributed by atoms with E-state index < -0.39 is 16.1 Å². The zero-order valence-electron chi connectivity index (χ0n) is 25.8. The van der Waals surface area contributed by atoms with Gasteiger partial charge in [-0.25, -0.2) is 0 Å². The van der Waals surface area contributed by atoms with Crippen molar-refractivity contribution in [1.29, 1.82) is 0 Å². The Hall–Kier alpha value is -5.23. The van der Waals surface area contributed by atoms with E-state index in [4.69, 9.17) is 4.74 Å². The molecule has 1 heterocycles. The Morgan fingerprint density at radius 3 is 1.24 bits per heavy atom. The monoisotopic (exact) mass is 622 g/mol. The van der Waals surface area contributed by atoms with Crippen LogP contribution in [-0.2, 0) is 0 Å². The molecule has 0 saturated carbocycles. The highest BCUT2D eigenvalue weighted by atomic mass is 28.3. The second kappa shape index (κ2) is 11.6. The van der Waals surface area contributed by atoms with Crippen LogP contribution in [0.1, 0.15) is 5.56 Å². The van der Waals surface area contributed by atoms with Crippen molar-refractivity contribution in [3.63, 3.8) is 0 Å². The number of rotatable bonds is 6. The van der Waals surface area contributed by atoms with Crippen molar-refractivity contribution >= 4 is 57.6 Å². The van der Waals surface area contributed by atoms with E-state index in [0.29, 0.717) is 0 Å². The van der Waals surface area contributed by atoms with Crippen LogP contribution < -0.4 is 46.2 Å². The normalized spacial score (nSPS) is 13.2. The summed E-state index contributed by atoms with van der Waals surface area (Å²) >= 11 is 0. The summed E-state index contributed by atoms with van der Waals surface area (Å²) in [7, 11) is -5.71. The predicted octanol–water partition coefficient (Wildman–Crippen LogP) is 4.86. The summed E-state index contributed by atoms with van der Waals surface area (Å²) in [6.07, 6.45) is 0. The van der Waals surface area contributed by atoms with Gasteiger partial charge in [0.15, 0.2) is 16.1 Å². The number of benzene rings is 7. The zero-order valence-corrected chi connectivity index (χ0v) is 27.8. The summed E-state index contributed by atoms with van der Waals surface area (Å²) in [5.41, 5.74) is 1.16. The van der Waals surface area contributed by atoms with Gasteiger partial charge in [-0.3, -0.25) is 0 Å². The van der Waals surface area contributed by atoms with Crippen molar-refractivity contribution in [2.75, 3.05) is 0 Å². The first-order valence-electron chi connectivity index (χ1n) is 15.9. The van der Waals surface area contributed by atoms with Crippen LogP contribution in [0, 0.1) is 6.92 Å². The van der Waals surface area contributed by atoms with Crippen LogP contribution in [0.2, 0.25) is 0 Å². The smallest absolute Gasteiger partial charge is 0.188 e. The molecule has 0 N–H and O–H groups in total. The van der Waals surface area contributed by atoms with Crippen LogP contribution in [0.3, 0.4) is 0 Å². The topological polar surface area (TPSA) is 9.23 Å². The van der Waals surface area contributed by atoms with E-state index in [1.165, 1.54) is 41.5 Å². The number of ether oxygens (including phenoxy) is 1. The largest absolute Gasteiger partial charge is 0.457 e. The Balaban J connectivity index is 1.57. The third-order valence-corrected chi connectivity index (χ3v) is 19.3. The minimum absolute atomic E-state index is 0.999. The zero-order chi connectivity index (χ0) is 31.0. The van der Waals surface area contributed by atoms with Gasteiger partial charge in [-0.15, -0.1) is 0 Å². The first-order chi connectivity index (χ1) is 22.8. The summed E-state index contributed by atoms with van der Waals surface area (Å²) in [5.74, 6) is 2.02. The highest BCUT2D eigenvalue weighted by Gasteiger charge is 2.52. The average Bonchev–Trinajstić information content (AvgIpc) is 3.14. The molecule has 0 amide bonds. The van der Waals surface area contributed by atoms with E-state index in [0.717, 1.165) is 17.1 Å². The fourth-order valence-corrected chi connectivity index (χ4v) is 17.8. The Morgan fingerprint density at radius 2 is 0.783 bits per heavy atom. The van der Waals surface area contributed by atoms with Crippen molar-refractivity contribution in [3.8, 4) is 11.5 Å². The molecule has 0 saturated heterocycles. The number of hydrogen-bond donors (Lipinski definition) is 0. The van der Waals surface area contributed by atoms with Gasteiger partial charge in [-0.05, 0) is 54.0 Å². The first kappa shape index (κ1) is 28.3. The summed E-state index contributed by atoms with van der Waals surface area (Å²) in [4.78, 5) is 0. The molecule has 46 heavy (non-hydrogen) atoms. The Kier molecular flexibility index (Phi) is 7.13. The van der Waals surface area contributed by atoms with Crippen LogP contribution in [0.5, 0.6) is 11.5 Å². The van der Waals surface area contributed by atoms with E-state index in [1.807, 2.05) is 0 Å². The lowest BCUT2D eigenvalue weighted by molar-refractivity contribution is 0.487. The first-order valence-corrected chi connectivity index (χ1v) is 19.9. The number of hydrogen-bond acceptors (Lipinski definition) is 1. The summed E-state index contributed by atoms with van der Waals surface area (Å²) in [6.45, 7) is 2.19. The highest BCUT2D eigenvalue weighted by Crippen LogP contribution is 2.32. The molecule has 0 fully saturated rings. The fraction of sp³-hybridized carbons (Fsp3) is 0.0233. The molecule has 220 valence electrons. The van der Waals surface area contributed by atoms with Crippen molar-refractivity contribution < 1.29 is 4.74 Å². The van der Waals surface area contributed by atoms with Crippen molar-refractivity contribution in [2.45, 2.75) is 6.92 Å². The molecule has 7 aromatic rings. The van der Waals surface area contributed by atoms with E-state index in [2.05, 4.69) is 195 Å². The van der Waals surface area contributed by atoms with E-state index in [-0.39, 0.29) is 0 Å². The minimum Gasteiger partial charge on any atom is -0.457 e. The average molecular weight is 623 g/mol. The van der Waals surface area contributed by atoms with E-state index >= 15 is 0 Å². The van der Waals surface area contributed by atoms with E-state index in [1.54, 1.807) is 0 Å². The summed E-state index contributed by atoms with van der Waals surface area (Å²) in [5, 5.41) is 10.6. The predicted molar refractivity (Wildman–Crippen MR) is 198 cm³/mol. The quantitative estimate of drug-likeness (QED) is 0.190. The lowest BCUT2D eigenvalue weighted by atomic mass is 10.2. The number of aryl methyl sites for hydroxylation is 1. The van der Waals surface area contributed by atoms with Gasteiger partial charge in [-0.1, -0.05) is 188 Å². The number of para-hydroxylation sites is 2. The van der Waals surface area contributed by atoms with Gasteiger partial charge in [0.1, 0.15) is 11.5 Å². The second-order valence-corrected chi connectivity index (χ2v) is 19.6. The summed E-state index contributed by atoms with van der Waals surface area (Å²) < 4.78 is 7.38. The molecule has 0 atom stereocenters. The minimum atomic E-state index is -2.89. The van der Waals surface area contributed by atoms with Gasteiger partial charge in [0, 0.05) is 0 Å². The third-order valence-electron chi connectivity index (χ3n) is 9.68. The maximum absolute atomic E-state index is 7.38. The van der Waals surface area contributed by atoms with Crippen LogP contribution in [-0.4, -0.2) is 16.1 Å². The third kappa shape index (κ3) is 4.20.